The van der Waals surface area contributed by atoms with E-state index in [1.165, 1.54) is 31.4 Å². The zero-order valence-corrected chi connectivity index (χ0v) is 20.1. The van der Waals surface area contributed by atoms with Gasteiger partial charge in [0.15, 0.2) is 11.5 Å². The molecule has 3 aromatic rings. The van der Waals surface area contributed by atoms with Crippen molar-refractivity contribution in [3.05, 3.63) is 95.6 Å². The van der Waals surface area contributed by atoms with Crippen LogP contribution in [0.4, 0.5) is 17.1 Å². The first-order valence-electron chi connectivity index (χ1n) is 9.69. The molecular formula is C23H15IN4O7. The Labute approximate surface area is 212 Å². The van der Waals surface area contributed by atoms with Crippen molar-refractivity contribution in [3.8, 4) is 23.3 Å². The van der Waals surface area contributed by atoms with Crippen LogP contribution in [0.5, 0.6) is 17.2 Å². The lowest BCUT2D eigenvalue weighted by Crippen LogP contribution is -2.13. The molecule has 0 heterocycles. The van der Waals surface area contributed by atoms with Crippen LogP contribution in [-0.4, -0.2) is 22.9 Å². The van der Waals surface area contributed by atoms with Crippen LogP contribution in [0, 0.1) is 35.1 Å². The molecule has 0 aliphatic heterocycles. The van der Waals surface area contributed by atoms with Crippen LogP contribution in [0.2, 0.25) is 0 Å². The fourth-order valence-electron chi connectivity index (χ4n) is 2.87. The minimum Gasteiger partial charge on any atom is -0.493 e. The lowest BCUT2D eigenvalue weighted by atomic mass is 10.1. The van der Waals surface area contributed by atoms with Crippen molar-refractivity contribution in [3.63, 3.8) is 0 Å². The van der Waals surface area contributed by atoms with E-state index in [-0.39, 0.29) is 22.8 Å². The van der Waals surface area contributed by atoms with Crippen molar-refractivity contribution in [2.24, 2.45) is 0 Å². The molecule has 3 aromatic carbocycles. The van der Waals surface area contributed by atoms with Crippen molar-refractivity contribution in [1.29, 1.82) is 5.26 Å². The maximum atomic E-state index is 12.5. The van der Waals surface area contributed by atoms with Crippen LogP contribution in [0.15, 0.2) is 66.2 Å². The molecular weight excluding hydrogens is 571 g/mol. The van der Waals surface area contributed by atoms with Crippen LogP contribution < -0.4 is 14.8 Å². The molecule has 12 heteroatoms. The number of halogens is 1. The summed E-state index contributed by atoms with van der Waals surface area (Å²) >= 11 is 2.13. The molecule has 0 saturated carbocycles. The Morgan fingerprint density at radius 2 is 1.69 bits per heavy atom. The molecule has 11 nitrogen and oxygen atoms in total. The van der Waals surface area contributed by atoms with Crippen LogP contribution in [-0.2, 0) is 4.79 Å². The SMILES string of the molecule is COc1cc(/C=C(\C#N)C(=O)Nc2ccc(I)cc2)ccc1Oc1ccc([N+](=O)[O-])cc1[N+](=O)[O-]. The van der Waals surface area contributed by atoms with Gasteiger partial charge in [-0.3, -0.25) is 25.0 Å². The Hall–Kier alpha value is -4.51. The number of hydrogen-bond donors (Lipinski definition) is 1. The Kier molecular flexibility index (Phi) is 7.95. The second-order valence-electron chi connectivity index (χ2n) is 6.81. The summed E-state index contributed by atoms with van der Waals surface area (Å²) in [5, 5.41) is 34.4. The zero-order valence-electron chi connectivity index (χ0n) is 17.9. The van der Waals surface area contributed by atoms with Crippen LogP contribution >= 0.6 is 22.6 Å². The molecule has 3 rings (SSSR count). The summed E-state index contributed by atoms with van der Waals surface area (Å²) in [6.45, 7) is 0. The summed E-state index contributed by atoms with van der Waals surface area (Å²) in [7, 11) is 1.34. The minimum atomic E-state index is -0.794. The number of methoxy groups -OCH3 is 1. The van der Waals surface area contributed by atoms with Gasteiger partial charge in [0, 0.05) is 15.3 Å². The molecule has 0 atom stereocenters. The van der Waals surface area contributed by atoms with Crippen molar-refractivity contribution in [2.45, 2.75) is 0 Å². The predicted octanol–water partition coefficient (Wildman–Crippen LogP) is 5.45. The van der Waals surface area contributed by atoms with E-state index in [0.29, 0.717) is 11.3 Å². The summed E-state index contributed by atoms with van der Waals surface area (Å²) in [4.78, 5) is 33.2. The first kappa shape index (κ1) is 25.1. The van der Waals surface area contributed by atoms with Gasteiger partial charge in [0.05, 0.1) is 23.0 Å². The lowest BCUT2D eigenvalue weighted by Gasteiger charge is -2.11. The number of amides is 1. The molecule has 1 N–H and O–H groups in total. The maximum Gasteiger partial charge on any atom is 0.318 e. The molecule has 0 saturated heterocycles. The molecule has 35 heavy (non-hydrogen) atoms. The van der Waals surface area contributed by atoms with Crippen LogP contribution in [0.3, 0.4) is 0 Å². The van der Waals surface area contributed by atoms with Crippen molar-refractivity contribution in [1.82, 2.24) is 0 Å². The van der Waals surface area contributed by atoms with E-state index < -0.39 is 27.1 Å². The highest BCUT2D eigenvalue weighted by molar-refractivity contribution is 14.1. The minimum absolute atomic E-state index is 0.0865. The fraction of sp³-hybridized carbons (Fsp3) is 0.0435. The molecule has 0 radical (unpaired) electrons. The monoisotopic (exact) mass is 586 g/mol. The molecule has 0 aromatic heterocycles. The third-order valence-corrected chi connectivity index (χ3v) is 5.25. The van der Waals surface area contributed by atoms with E-state index >= 15 is 0 Å². The molecule has 0 aliphatic rings. The number of carbonyl (C=O) groups is 1. The Balaban J connectivity index is 1.87. The number of rotatable bonds is 8. The quantitative estimate of drug-likeness (QED) is 0.120. The summed E-state index contributed by atoms with van der Waals surface area (Å²) in [6.07, 6.45) is 1.35. The van der Waals surface area contributed by atoms with Gasteiger partial charge in [0.1, 0.15) is 11.6 Å². The van der Waals surface area contributed by atoms with E-state index in [9.17, 15) is 30.3 Å². The van der Waals surface area contributed by atoms with Gasteiger partial charge >= 0.3 is 5.69 Å². The highest BCUT2D eigenvalue weighted by Crippen LogP contribution is 2.38. The number of anilines is 1. The molecule has 0 bridgehead atoms. The lowest BCUT2D eigenvalue weighted by molar-refractivity contribution is -0.394. The summed E-state index contributed by atoms with van der Waals surface area (Å²) in [5.74, 6) is -0.587. The Morgan fingerprint density at radius 1 is 1.00 bits per heavy atom. The van der Waals surface area contributed by atoms with Gasteiger partial charge in [0.2, 0.25) is 5.75 Å². The third-order valence-electron chi connectivity index (χ3n) is 4.54. The van der Waals surface area contributed by atoms with E-state index in [2.05, 4.69) is 27.9 Å². The number of hydrogen-bond acceptors (Lipinski definition) is 8. The average molecular weight is 586 g/mol. The summed E-state index contributed by atoms with van der Waals surface area (Å²) in [5.41, 5.74) is -0.247. The van der Waals surface area contributed by atoms with E-state index in [4.69, 9.17) is 9.47 Å². The number of nitriles is 1. The Morgan fingerprint density at radius 3 is 2.29 bits per heavy atom. The maximum absolute atomic E-state index is 12.5. The van der Waals surface area contributed by atoms with E-state index in [1.807, 2.05) is 18.2 Å². The van der Waals surface area contributed by atoms with Crippen LogP contribution in [0.25, 0.3) is 6.08 Å². The van der Waals surface area contributed by atoms with Crippen molar-refractivity contribution in [2.75, 3.05) is 12.4 Å². The highest BCUT2D eigenvalue weighted by atomic mass is 127. The second-order valence-corrected chi connectivity index (χ2v) is 8.06. The number of nitrogens with zero attached hydrogens (tertiary/aromatic N) is 3. The first-order valence-corrected chi connectivity index (χ1v) is 10.8. The number of nitrogens with one attached hydrogen (secondary N) is 1. The summed E-state index contributed by atoms with van der Waals surface area (Å²) in [6, 6.07) is 16.3. The number of carbonyl (C=O) groups excluding carboxylic acids is 1. The van der Waals surface area contributed by atoms with Gasteiger partial charge < -0.3 is 14.8 Å². The number of non-ortho nitro benzene ring substituents is 1. The summed E-state index contributed by atoms with van der Waals surface area (Å²) < 4.78 is 11.9. The Bertz CT molecular complexity index is 1380. The second kappa shape index (κ2) is 11.1. The van der Waals surface area contributed by atoms with E-state index in [0.717, 1.165) is 21.8 Å². The molecule has 0 aliphatic carbocycles. The van der Waals surface area contributed by atoms with Gasteiger partial charge in [-0.05, 0) is 76.7 Å². The average Bonchev–Trinajstić information content (AvgIpc) is 2.84. The predicted molar refractivity (Wildman–Crippen MR) is 134 cm³/mol. The number of nitro groups is 2. The van der Waals surface area contributed by atoms with Crippen LogP contribution in [0.1, 0.15) is 5.56 Å². The van der Waals surface area contributed by atoms with Gasteiger partial charge in [-0.25, -0.2) is 0 Å². The van der Waals surface area contributed by atoms with E-state index in [1.54, 1.807) is 12.1 Å². The standard InChI is InChI=1S/C23H15IN4O7/c1-34-22-11-14(10-15(13-25)23(29)26-17-5-3-16(24)4-6-17)2-8-21(22)35-20-9-7-18(27(30)31)12-19(20)28(32)33/h2-12H,1H3,(H,26,29)/b15-10+. The zero-order chi connectivity index (χ0) is 25.5. The van der Waals surface area contributed by atoms with Gasteiger partial charge in [-0.15, -0.1) is 0 Å². The molecule has 176 valence electrons. The van der Waals surface area contributed by atoms with Gasteiger partial charge in [0.25, 0.3) is 11.6 Å². The topological polar surface area (TPSA) is 158 Å². The van der Waals surface area contributed by atoms with Crippen molar-refractivity contribution < 1.29 is 24.1 Å². The highest BCUT2D eigenvalue weighted by Gasteiger charge is 2.22. The third kappa shape index (κ3) is 6.30. The van der Waals surface area contributed by atoms with Gasteiger partial charge in [-0.2, -0.15) is 5.26 Å². The number of ether oxygens (including phenoxy) is 2. The normalized spacial score (nSPS) is 10.7. The number of nitro benzene ring substituents is 2. The molecule has 0 fully saturated rings. The van der Waals surface area contributed by atoms with Crippen molar-refractivity contribution >= 4 is 51.6 Å². The number of benzene rings is 3. The fourth-order valence-corrected chi connectivity index (χ4v) is 3.23. The van der Waals surface area contributed by atoms with Gasteiger partial charge in [-0.1, -0.05) is 6.07 Å². The largest absolute Gasteiger partial charge is 0.493 e. The molecule has 1 amide bonds. The smallest absolute Gasteiger partial charge is 0.318 e. The molecule has 0 spiro atoms. The first-order chi connectivity index (χ1) is 16.7. The molecule has 0 unspecified atom stereocenters.